The van der Waals surface area contributed by atoms with Gasteiger partial charge in [0, 0.05) is 44.4 Å². The van der Waals surface area contributed by atoms with Gasteiger partial charge in [0.25, 0.3) is 0 Å². The van der Waals surface area contributed by atoms with Crippen LogP contribution in [0.1, 0.15) is 44.7 Å². The number of oxazole rings is 1. The van der Waals surface area contributed by atoms with E-state index in [2.05, 4.69) is 94.5 Å². The van der Waals surface area contributed by atoms with Gasteiger partial charge in [-0.3, -0.25) is 4.79 Å². The van der Waals surface area contributed by atoms with Gasteiger partial charge in [-0.2, -0.15) is 12.5 Å². The van der Waals surface area contributed by atoms with E-state index in [1.165, 1.54) is 41.6 Å². The Kier molecular flexibility index (Phi) is 10.2. The zero-order chi connectivity index (χ0) is 33.2. The van der Waals surface area contributed by atoms with Crippen molar-refractivity contribution >= 4 is 38.4 Å². The van der Waals surface area contributed by atoms with Crippen LogP contribution in [0.3, 0.4) is 0 Å². The first kappa shape index (κ1) is 34.2. The summed E-state index contributed by atoms with van der Waals surface area (Å²) < 4.78 is 8.41. The molecule has 1 N–H and O–H groups in total. The van der Waals surface area contributed by atoms with Crippen LogP contribution < -0.4 is 4.57 Å². The molecule has 2 heterocycles. The van der Waals surface area contributed by atoms with E-state index >= 15 is 0 Å². The number of pyridine rings is 1. The topological polar surface area (TPSA) is 67.2 Å². The van der Waals surface area contributed by atoms with Gasteiger partial charge in [-0.05, 0) is 76.2 Å². The monoisotopic (exact) mass is 810 g/mol. The molecule has 0 fully saturated rings. The second kappa shape index (κ2) is 14.3. The Labute approximate surface area is 294 Å². The number of aromatic nitrogens is 2. The number of aliphatic hydroxyl groups is 1. The van der Waals surface area contributed by atoms with Gasteiger partial charge in [-0.25, -0.2) is 4.98 Å². The molecule has 0 spiro atoms. The first-order valence-corrected chi connectivity index (χ1v) is 15.6. The fourth-order valence-electron chi connectivity index (χ4n) is 6.17. The molecule has 0 aliphatic carbocycles. The van der Waals surface area contributed by atoms with Crippen LogP contribution in [-0.2, 0) is 24.9 Å². The molecule has 1 radical (unpaired) electrons. The van der Waals surface area contributed by atoms with Crippen LogP contribution in [0.2, 0.25) is 0 Å². The molecule has 7 aromatic rings. The van der Waals surface area contributed by atoms with Crippen molar-refractivity contribution in [2.45, 2.75) is 33.6 Å². The first-order chi connectivity index (χ1) is 22.6. The molecule has 0 unspecified atom stereocenters. The maximum absolute atomic E-state index is 10.0. The number of hydrogen-bond acceptors (Lipinski definition) is 4. The van der Waals surface area contributed by atoms with Crippen molar-refractivity contribution in [2.24, 2.45) is 0 Å². The number of carbonyl (C=O) groups excluding carboxylic acids is 1. The number of nitrogens with zero attached hydrogens (tertiary/aromatic N) is 2. The Morgan fingerprint density at radius 2 is 1.44 bits per heavy atom. The molecule has 7 rings (SSSR count). The second-order valence-electron chi connectivity index (χ2n) is 12.0. The van der Waals surface area contributed by atoms with E-state index in [0.29, 0.717) is 17.4 Å². The predicted molar refractivity (Wildman–Crippen MR) is 192 cm³/mol. The smallest absolute Gasteiger partial charge is 0.213 e. The van der Waals surface area contributed by atoms with Crippen LogP contribution in [0.4, 0.5) is 0 Å². The van der Waals surface area contributed by atoms with E-state index in [9.17, 15) is 4.79 Å². The summed E-state index contributed by atoms with van der Waals surface area (Å²) in [7, 11) is 4.39. The Hall–Kier alpha value is -5.16. The molecule has 5 aromatic carbocycles. The summed E-state index contributed by atoms with van der Waals surface area (Å²) in [5.41, 5.74) is 8.63. The molecule has 0 amide bonds. The van der Waals surface area contributed by atoms with Gasteiger partial charge in [0.1, 0.15) is 0 Å². The van der Waals surface area contributed by atoms with Gasteiger partial charge >= 0.3 is 0 Å². The molecule has 0 aliphatic rings. The summed E-state index contributed by atoms with van der Waals surface area (Å²) in [6.45, 7) is 11.9. The molecule has 0 saturated heterocycles. The number of hydrogen-bond donors (Lipinski definition) is 1. The number of rotatable bonds is 5. The summed E-state index contributed by atoms with van der Waals surface area (Å²) in [5.74, 6) is 0.963. The van der Waals surface area contributed by atoms with Crippen molar-refractivity contribution in [2.75, 3.05) is 0 Å². The Balaban J connectivity index is 0.000000511. The molecule has 243 valence electrons. The van der Waals surface area contributed by atoms with Gasteiger partial charge in [0.2, 0.25) is 5.89 Å². The molecule has 6 heteroatoms. The van der Waals surface area contributed by atoms with E-state index in [-0.39, 0.29) is 31.6 Å². The average Bonchev–Trinajstić information content (AvgIpc) is 3.51. The van der Waals surface area contributed by atoms with Crippen molar-refractivity contribution < 1.29 is 39.0 Å². The van der Waals surface area contributed by atoms with Crippen LogP contribution in [0, 0.1) is 14.0 Å². The Morgan fingerprint density at radius 1 is 0.812 bits per heavy atom. The van der Waals surface area contributed by atoms with Gasteiger partial charge in [-0.1, -0.05) is 92.7 Å². The number of ketones is 1. The van der Waals surface area contributed by atoms with Crippen molar-refractivity contribution in [3.05, 3.63) is 146 Å². The van der Waals surface area contributed by atoms with Gasteiger partial charge in [-0.15, -0.1) is 11.6 Å². The molecule has 5 nitrogen and oxygen atoms in total. The standard InChI is InChI=1S/C37H29N2O.C5H8O2.Ir/c1-23(2)27-16-11-17-28-29(27)18-19-31-30(28)20-21-39(4)35(31)32-22-33(25-12-7-5-8-13-25)34-36(24(32)3)40-37(38-34)26-14-9-6-10-15-26;1-4(6)3-5(2)7;/h5-23H,3-4H2,1-2H3;3,6H,1-2H3;/q-1;;/b;4-3-;. The third-order valence-corrected chi connectivity index (χ3v) is 8.27. The maximum Gasteiger partial charge on any atom is 0.213 e. The summed E-state index contributed by atoms with van der Waals surface area (Å²) in [6, 6.07) is 35.8. The Morgan fingerprint density at radius 3 is 2.04 bits per heavy atom. The average molecular weight is 810 g/mol. The third-order valence-electron chi connectivity index (χ3n) is 8.27. The molecule has 0 saturated carbocycles. The van der Waals surface area contributed by atoms with Gasteiger partial charge < -0.3 is 14.1 Å². The van der Waals surface area contributed by atoms with Crippen LogP contribution in [0.5, 0.6) is 0 Å². The van der Waals surface area contributed by atoms with Crippen molar-refractivity contribution in [3.8, 4) is 33.8 Å². The molecule has 0 atom stereocenters. The van der Waals surface area contributed by atoms with Gasteiger partial charge in [0.15, 0.2) is 5.78 Å². The van der Waals surface area contributed by atoms with Gasteiger partial charge in [0.05, 0.1) is 23.2 Å². The fourth-order valence-corrected chi connectivity index (χ4v) is 6.17. The Bertz CT molecular complexity index is 2280. The fraction of sp³-hybridized carbons (Fsp3) is 0.119. The minimum absolute atomic E-state index is 0. The summed E-state index contributed by atoms with van der Waals surface area (Å²) in [5, 5.41) is 13.2. The summed E-state index contributed by atoms with van der Waals surface area (Å²) >= 11 is 0. The molecule has 2 aromatic heterocycles. The second-order valence-corrected chi connectivity index (χ2v) is 12.0. The predicted octanol–water partition coefficient (Wildman–Crippen LogP) is 10.4. The molecular formula is C42H37IrN2O3-. The number of fused-ring (bicyclic) bond motifs is 4. The SMILES string of the molecule is CC(=O)/C=C(/C)O.[CH2-]c1c(-c2c3ccc4c(C(C)C)cccc4c3cc[n+]2[CH2-])cc(-c2ccccc2)c2nc(-c3ccccc3)oc12.[Ir]. The van der Waals surface area contributed by atoms with E-state index < -0.39 is 0 Å². The number of allylic oxidation sites excluding steroid dienone is 2. The normalized spacial score (nSPS) is 11.4. The molecule has 48 heavy (non-hydrogen) atoms. The van der Waals surface area contributed by atoms with Crippen molar-refractivity contribution in [3.63, 3.8) is 0 Å². The molecule has 0 bridgehead atoms. The molecule has 0 aliphatic heterocycles. The van der Waals surface area contributed by atoms with Crippen LogP contribution in [0.15, 0.2) is 126 Å². The van der Waals surface area contributed by atoms with Crippen LogP contribution in [-0.4, -0.2) is 15.9 Å². The zero-order valence-corrected chi connectivity index (χ0v) is 29.8. The quantitative estimate of drug-likeness (QED) is 0.0618. The number of carbonyl (C=O) groups is 1. The summed E-state index contributed by atoms with van der Waals surface area (Å²) in [6.07, 6.45) is 3.21. The minimum Gasteiger partial charge on any atom is -0.512 e. The zero-order valence-electron chi connectivity index (χ0n) is 27.5. The van der Waals surface area contributed by atoms with Crippen molar-refractivity contribution in [1.29, 1.82) is 0 Å². The summed E-state index contributed by atoms with van der Waals surface area (Å²) in [4.78, 5) is 15.0. The molecular weight excluding hydrogens is 773 g/mol. The number of aliphatic hydroxyl groups excluding tert-OH is 1. The van der Waals surface area contributed by atoms with E-state index in [1.807, 2.05) is 47.2 Å². The third kappa shape index (κ3) is 6.64. The first-order valence-electron chi connectivity index (χ1n) is 15.6. The van der Waals surface area contributed by atoms with Crippen LogP contribution in [0.25, 0.3) is 66.5 Å². The van der Waals surface area contributed by atoms with Crippen LogP contribution >= 0.6 is 0 Å². The largest absolute Gasteiger partial charge is 0.512 e. The van der Waals surface area contributed by atoms with E-state index in [0.717, 1.165) is 44.4 Å². The maximum atomic E-state index is 10.0. The van der Waals surface area contributed by atoms with E-state index in [1.54, 1.807) is 0 Å². The van der Waals surface area contributed by atoms with E-state index in [4.69, 9.17) is 14.5 Å². The number of benzene rings is 5. The minimum atomic E-state index is -0.125. The van der Waals surface area contributed by atoms with Crippen molar-refractivity contribution in [1.82, 2.24) is 4.98 Å².